The third-order valence-electron chi connectivity index (χ3n) is 4.40. The summed E-state index contributed by atoms with van der Waals surface area (Å²) in [4.78, 5) is 27.7. The number of amides is 1. The van der Waals surface area contributed by atoms with Crippen molar-refractivity contribution in [2.24, 2.45) is 0 Å². The Bertz CT molecular complexity index is 936. The molecule has 0 bridgehead atoms. The fourth-order valence-electron chi connectivity index (χ4n) is 3.08. The molecule has 0 radical (unpaired) electrons. The standard InChI is InChI=1S/C18H19N5O2/c1-12-4-3-5-17-21-15(10-23(12)17)18(24)22-8-9-25-16(11-22)14-6-7-19-13(2)20-14/h3-7,10,16H,8-9,11H2,1-2H3. The fraction of sp³-hybridized carbons (Fsp3) is 0.333. The van der Waals surface area contributed by atoms with E-state index < -0.39 is 0 Å². The van der Waals surface area contributed by atoms with Gasteiger partial charge in [0, 0.05) is 24.6 Å². The van der Waals surface area contributed by atoms with Crippen LogP contribution >= 0.6 is 0 Å². The van der Waals surface area contributed by atoms with Crippen LogP contribution < -0.4 is 0 Å². The number of aryl methyl sites for hydroxylation is 2. The lowest BCUT2D eigenvalue weighted by Crippen LogP contribution is -2.42. The van der Waals surface area contributed by atoms with Crippen molar-refractivity contribution in [3.05, 3.63) is 59.6 Å². The molecule has 1 aliphatic rings. The summed E-state index contributed by atoms with van der Waals surface area (Å²) in [5.74, 6) is 0.613. The number of morpholine rings is 1. The molecular formula is C18H19N5O2. The number of nitrogens with zero attached hydrogens (tertiary/aromatic N) is 5. The van der Waals surface area contributed by atoms with Gasteiger partial charge in [0.2, 0.25) is 0 Å². The largest absolute Gasteiger partial charge is 0.368 e. The average molecular weight is 337 g/mol. The Hall–Kier alpha value is -2.80. The van der Waals surface area contributed by atoms with Crippen molar-refractivity contribution in [2.45, 2.75) is 20.0 Å². The van der Waals surface area contributed by atoms with Gasteiger partial charge in [-0.05, 0) is 32.0 Å². The number of ether oxygens (including phenoxy) is 1. The maximum absolute atomic E-state index is 12.9. The van der Waals surface area contributed by atoms with Crippen molar-refractivity contribution in [3.63, 3.8) is 0 Å². The molecule has 3 aromatic rings. The van der Waals surface area contributed by atoms with Gasteiger partial charge in [0.1, 0.15) is 23.3 Å². The highest BCUT2D eigenvalue weighted by Crippen LogP contribution is 2.22. The van der Waals surface area contributed by atoms with Crippen LogP contribution in [0, 0.1) is 13.8 Å². The molecule has 1 saturated heterocycles. The molecular weight excluding hydrogens is 318 g/mol. The van der Waals surface area contributed by atoms with Crippen molar-refractivity contribution < 1.29 is 9.53 Å². The monoisotopic (exact) mass is 337 g/mol. The number of imidazole rings is 1. The molecule has 0 aliphatic carbocycles. The van der Waals surface area contributed by atoms with Crippen molar-refractivity contribution in [1.82, 2.24) is 24.3 Å². The van der Waals surface area contributed by atoms with E-state index >= 15 is 0 Å². The highest BCUT2D eigenvalue weighted by molar-refractivity contribution is 5.93. The van der Waals surface area contributed by atoms with Crippen LogP contribution in [0.1, 0.15) is 33.8 Å². The van der Waals surface area contributed by atoms with Gasteiger partial charge in [-0.3, -0.25) is 4.79 Å². The highest BCUT2D eigenvalue weighted by atomic mass is 16.5. The van der Waals surface area contributed by atoms with Gasteiger partial charge in [0.15, 0.2) is 0 Å². The second-order valence-electron chi connectivity index (χ2n) is 6.16. The van der Waals surface area contributed by atoms with Crippen LogP contribution in [0.3, 0.4) is 0 Å². The average Bonchev–Trinajstić information content (AvgIpc) is 3.07. The van der Waals surface area contributed by atoms with E-state index in [0.29, 0.717) is 31.2 Å². The summed E-state index contributed by atoms with van der Waals surface area (Å²) in [6.07, 6.45) is 3.28. The van der Waals surface area contributed by atoms with Gasteiger partial charge in [-0.1, -0.05) is 6.07 Å². The molecule has 1 fully saturated rings. The first-order valence-electron chi connectivity index (χ1n) is 8.27. The lowest BCUT2D eigenvalue weighted by molar-refractivity contribution is -0.0250. The summed E-state index contributed by atoms with van der Waals surface area (Å²) in [7, 11) is 0. The topological polar surface area (TPSA) is 72.6 Å². The van der Waals surface area contributed by atoms with E-state index in [1.54, 1.807) is 17.3 Å². The number of hydrogen-bond donors (Lipinski definition) is 0. The molecule has 1 aliphatic heterocycles. The fourth-order valence-corrected chi connectivity index (χ4v) is 3.08. The molecule has 0 aromatic carbocycles. The SMILES string of the molecule is Cc1nccc(C2CN(C(=O)c3cn4c(C)cccc4n3)CCO2)n1. The molecule has 128 valence electrons. The Morgan fingerprint density at radius 2 is 2.12 bits per heavy atom. The van der Waals surface area contributed by atoms with E-state index in [1.807, 2.05) is 42.5 Å². The molecule has 1 unspecified atom stereocenters. The van der Waals surface area contributed by atoms with Gasteiger partial charge in [-0.25, -0.2) is 15.0 Å². The highest BCUT2D eigenvalue weighted by Gasteiger charge is 2.28. The summed E-state index contributed by atoms with van der Waals surface area (Å²) in [5, 5.41) is 0. The summed E-state index contributed by atoms with van der Waals surface area (Å²) in [6, 6.07) is 7.66. The van der Waals surface area contributed by atoms with E-state index in [2.05, 4.69) is 15.0 Å². The summed E-state index contributed by atoms with van der Waals surface area (Å²) >= 11 is 0. The third-order valence-corrected chi connectivity index (χ3v) is 4.40. The molecule has 0 saturated carbocycles. The van der Waals surface area contributed by atoms with Gasteiger partial charge in [-0.2, -0.15) is 0 Å². The zero-order chi connectivity index (χ0) is 17.4. The number of rotatable bonds is 2. The predicted molar refractivity (Wildman–Crippen MR) is 91.3 cm³/mol. The molecule has 0 spiro atoms. The minimum atomic E-state index is -0.238. The zero-order valence-electron chi connectivity index (χ0n) is 14.2. The summed E-state index contributed by atoms with van der Waals surface area (Å²) in [5.41, 5.74) is 3.07. The van der Waals surface area contributed by atoms with E-state index in [9.17, 15) is 4.79 Å². The maximum Gasteiger partial charge on any atom is 0.274 e. The smallest absolute Gasteiger partial charge is 0.274 e. The van der Waals surface area contributed by atoms with Crippen LogP contribution in [-0.4, -0.2) is 49.9 Å². The quantitative estimate of drug-likeness (QED) is 0.715. The molecule has 7 nitrogen and oxygen atoms in total. The van der Waals surface area contributed by atoms with Gasteiger partial charge >= 0.3 is 0 Å². The lowest BCUT2D eigenvalue weighted by Gasteiger charge is -2.32. The Balaban J connectivity index is 1.57. The molecule has 4 rings (SSSR count). The van der Waals surface area contributed by atoms with Crippen molar-refractivity contribution in [3.8, 4) is 0 Å². The first kappa shape index (κ1) is 15.7. The molecule has 1 amide bonds. The number of pyridine rings is 1. The third kappa shape index (κ3) is 2.98. The van der Waals surface area contributed by atoms with Crippen LogP contribution in [0.2, 0.25) is 0 Å². The second kappa shape index (κ2) is 6.25. The molecule has 3 aromatic heterocycles. The van der Waals surface area contributed by atoms with E-state index in [1.165, 1.54) is 0 Å². The summed E-state index contributed by atoms with van der Waals surface area (Å²) in [6.45, 7) is 5.32. The van der Waals surface area contributed by atoms with Crippen molar-refractivity contribution in [1.29, 1.82) is 0 Å². The van der Waals surface area contributed by atoms with Crippen LogP contribution in [0.5, 0.6) is 0 Å². The number of carbonyl (C=O) groups excluding carboxylic acids is 1. The van der Waals surface area contributed by atoms with Gasteiger partial charge in [0.25, 0.3) is 5.91 Å². The van der Waals surface area contributed by atoms with Crippen LogP contribution in [0.4, 0.5) is 0 Å². The van der Waals surface area contributed by atoms with Crippen LogP contribution in [0.25, 0.3) is 5.65 Å². The van der Waals surface area contributed by atoms with Crippen LogP contribution in [0.15, 0.2) is 36.7 Å². The van der Waals surface area contributed by atoms with E-state index in [0.717, 1.165) is 17.0 Å². The van der Waals surface area contributed by atoms with E-state index in [-0.39, 0.29) is 12.0 Å². The normalized spacial score (nSPS) is 17.8. The van der Waals surface area contributed by atoms with Crippen molar-refractivity contribution >= 4 is 11.6 Å². The first-order valence-corrected chi connectivity index (χ1v) is 8.27. The second-order valence-corrected chi connectivity index (χ2v) is 6.16. The van der Waals surface area contributed by atoms with Crippen molar-refractivity contribution in [2.75, 3.05) is 19.7 Å². The molecule has 0 N–H and O–H groups in total. The Labute approximate surface area is 145 Å². The van der Waals surface area contributed by atoms with E-state index in [4.69, 9.17) is 4.74 Å². The van der Waals surface area contributed by atoms with Gasteiger partial charge in [0.05, 0.1) is 18.8 Å². The Kier molecular flexibility index (Phi) is 3.93. The van der Waals surface area contributed by atoms with Gasteiger partial charge < -0.3 is 14.0 Å². The van der Waals surface area contributed by atoms with Crippen LogP contribution in [-0.2, 0) is 4.74 Å². The predicted octanol–water partition coefficient (Wildman–Crippen LogP) is 1.95. The Morgan fingerprint density at radius 1 is 1.24 bits per heavy atom. The number of fused-ring (bicyclic) bond motifs is 1. The molecule has 7 heteroatoms. The minimum absolute atomic E-state index is 0.0813. The van der Waals surface area contributed by atoms with Gasteiger partial charge in [-0.15, -0.1) is 0 Å². The first-order chi connectivity index (χ1) is 12.1. The minimum Gasteiger partial charge on any atom is -0.368 e. The molecule has 25 heavy (non-hydrogen) atoms. The maximum atomic E-state index is 12.9. The Morgan fingerprint density at radius 3 is 2.92 bits per heavy atom. The molecule has 1 atom stereocenters. The number of hydrogen-bond acceptors (Lipinski definition) is 5. The molecule has 4 heterocycles. The lowest BCUT2D eigenvalue weighted by atomic mass is 10.2. The number of aromatic nitrogens is 4. The number of carbonyl (C=O) groups is 1. The summed E-state index contributed by atoms with van der Waals surface area (Å²) < 4.78 is 7.73. The zero-order valence-corrected chi connectivity index (χ0v) is 14.2.